The summed E-state index contributed by atoms with van der Waals surface area (Å²) in [6.45, 7) is 5.47. The molecule has 3 amide bonds. The Morgan fingerprint density at radius 1 is 1.21 bits per heavy atom. The third-order valence-corrected chi connectivity index (χ3v) is 5.65. The molecule has 34 heavy (non-hydrogen) atoms. The molecule has 0 bridgehead atoms. The summed E-state index contributed by atoms with van der Waals surface area (Å²) in [5, 5.41) is 5.42. The van der Waals surface area contributed by atoms with Crippen molar-refractivity contribution >= 4 is 46.8 Å². The monoisotopic (exact) mass is 481 g/mol. The largest absolute Gasteiger partial charge is 0.496 e. The van der Waals surface area contributed by atoms with Gasteiger partial charge in [-0.05, 0) is 73.6 Å². The molecule has 0 spiro atoms. The summed E-state index contributed by atoms with van der Waals surface area (Å²) < 4.78 is 11.3. The van der Waals surface area contributed by atoms with E-state index >= 15 is 0 Å². The van der Waals surface area contributed by atoms with Crippen LogP contribution < -0.4 is 20.1 Å². The Hall–Kier alpha value is -3.72. The first kappa shape index (κ1) is 24.9. The molecule has 3 rings (SSSR count). The number of hydrogen-bond acceptors (Lipinski definition) is 6. The number of ether oxygens (including phenoxy) is 2. The van der Waals surface area contributed by atoms with Gasteiger partial charge in [-0.15, -0.1) is 0 Å². The fraction of sp³-hybridized carbons (Fsp3) is 0.280. The Morgan fingerprint density at radius 2 is 1.91 bits per heavy atom. The van der Waals surface area contributed by atoms with Crippen molar-refractivity contribution in [3.63, 3.8) is 0 Å². The minimum atomic E-state index is -0.526. The molecule has 0 aliphatic carbocycles. The summed E-state index contributed by atoms with van der Waals surface area (Å²) in [6.07, 6.45) is 2.24. The zero-order valence-electron chi connectivity index (χ0n) is 19.5. The van der Waals surface area contributed by atoms with Crippen LogP contribution in [0.3, 0.4) is 0 Å². The van der Waals surface area contributed by atoms with Crippen LogP contribution in [0.4, 0.5) is 5.69 Å². The number of anilines is 1. The predicted molar refractivity (Wildman–Crippen MR) is 133 cm³/mol. The molecule has 1 heterocycles. The molecule has 9 heteroatoms. The second-order valence-electron chi connectivity index (χ2n) is 7.82. The van der Waals surface area contributed by atoms with Crippen molar-refractivity contribution in [1.29, 1.82) is 0 Å². The van der Waals surface area contributed by atoms with E-state index in [4.69, 9.17) is 21.7 Å². The van der Waals surface area contributed by atoms with Crippen LogP contribution in [-0.2, 0) is 21.0 Å². The standard InChI is InChI=1S/C25H27N3O5S/c1-5-15(2)28-24(31)21(23(30)27-25(28)34)13-17-6-11-22(32-4)18(12-17)14-33-20-9-7-19(8-10-20)26-16(3)29/h6-13,15H,5,14H2,1-4H3,(H,26,29)(H,27,30,34)/b21-13-/t15-/m0/s1. The lowest BCUT2D eigenvalue weighted by Crippen LogP contribution is -2.56. The number of carbonyl (C=O) groups is 3. The summed E-state index contributed by atoms with van der Waals surface area (Å²) in [6, 6.07) is 12.2. The van der Waals surface area contributed by atoms with E-state index in [0.717, 1.165) is 5.56 Å². The van der Waals surface area contributed by atoms with Gasteiger partial charge >= 0.3 is 0 Å². The zero-order chi connectivity index (χ0) is 24.8. The van der Waals surface area contributed by atoms with E-state index < -0.39 is 11.8 Å². The summed E-state index contributed by atoms with van der Waals surface area (Å²) >= 11 is 5.20. The van der Waals surface area contributed by atoms with E-state index in [1.807, 2.05) is 13.8 Å². The van der Waals surface area contributed by atoms with E-state index in [1.165, 1.54) is 11.8 Å². The van der Waals surface area contributed by atoms with E-state index in [1.54, 1.807) is 55.7 Å². The molecule has 2 N–H and O–H groups in total. The molecule has 0 aromatic heterocycles. The molecule has 2 aromatic rings. The third kappa shape index (κ3) is 5.79. The Labute approximate surface area is 203 Å². The van der Waals surface area contributed by atoms with E-state index in [9.17, 15) is 14.4 Å². The van der Waals surface area contributed by atoms with Crippen LogP contribution in [0.15, 0.2) is 48.0 Å². The molecule has 2 aromatic carbocycles. The number of methoxy groups -OCH3 is 1. The van der Waals surface area contributed by atoms with Gasteiger partial charge < -0.3 is 14.8 Å². The molecule has 1 saturated heterocycles. The van der Waals surface area contributed by atoms with Crippen LogP contribution in [0.2, 0.25) is 0 Å². The van der Waals surface area contributed by atoms with Crippen LogP contribution in [0.1, 0.15) is 38.3 Å². The molecular formula is C25H27N3O5S. The number of nitrogens with zero attached hydrogens (tertiary/aromatic N) is 1. The van der Waals surface area contributed by atoms with Gasteiger partial charge in [-0.3, -0.25) is 24.6 Å². The molecule has 1 fully saturated rings. The highest BCUT2D eigenvalue weighted by atomic mass is 32.1. The number of nitrogens with one attached hydrogen (secondary N) is 2. The minimum absolute atomic E-state index is 0.0134. The Kier molecular flexibility index (Phi) is 8.01. The first-order valence-corrected chi connectivity index (χ1v) is 11.2. The second-order valence-corrected chi connectivity index (χ2v) is 8.20. The number of benzene rings is 2. The number of carbonyl (C=O) groups excluding carboxylic acids is 3. The Morgan fingerprint density at radius 3 is 2.53 bits per heavy atom. The van der Waals surface area contributed by atoms with Gasteiger partial charge in [0.2, 0.25) is 5.91 Å². The zero-order valence-corrected chi connectivity index (χ0v) is 20.3. The Balaban J connectivity index is 1.82. The molecule has 0 unspecified atom stereocenters. The predicted octanol–water partition coefficient (Wildman–Crippen LogP) is 3.66. The van der Waals surface area contributed by atoms with Crippen LogP contribution >= 0.6 is 12.2 Å². The highest BCUT2D eigenvalue weighted by Crippen LogP contribution is 2.25. The maximum absolute atomic E-state index is 13.0. The number of amides is 3. The first-order chi connectivity index (χ1) is 16.2. The van der Waals surface area contributed by atoms with Crippen molar-refractivity contribution in [3.05, 3.63) is 59.2 Å². The lowest BCUT2D eigenvalue weighted by atomic mass is 10.0. The van der Waals surface area contributed by atoms with Gasteiger partial charge in [-0.2, -0.15) is 0 Å². The van der Waals surface area contributed by atoms with Gasteiger partial charge in [0.15, 0.2) is 5.11 Å². The molecular weight excluding hydrogens is 454 g/mol. The number of rotatable bonds is 8. The highest BCUT2D eigenvalue weighted by Gasteiger charge is 2.35. The third-order valence-electron chi connectivity index (χ3n) is 5.35. The van der Waals surface area contributed by atoms with E-state index in [2.05, 4.69) is 10.6 Å². The SMILES string of the molecule is CC[C@H](C)N1C(=O)/C(=C\c2ccc(OC)c(COc3ccc(NC(C)=O)cc3)c2)C(=O)NC1=S. The lowest BCUT2D eigenvalue weighted by Gasteiger charge is -2.33. The van der Waals surface area contributed by atoms with E-state index in [-0.39, 0.29) is 29.2 Å². The summed E-state index contributed by atoms with van der Waals surface area (Å²) in [7, 11) is 1.56. The molecule has 1 aliphatic heterocycles. The van der Waals surface area contributed by atoms with Crippen molar-refractivity contribution in [2.24, 2.45) is 0 Å². The van der Waals surface area contributed by atoms with Gasteiger partial charge in [0.05, 0.1) is 7.11 Å². The minimum Gasteiger partial charge on any atom is -0.496 e. The highest BCUT2D eigenvalue weighted by molar-refractivity contribution is 7.80. The van der Waals surface area contributed by atoms with Gasteiger partial charge in [-0.25, -0.2) is 0 Å². The van der Waals surface area contributed by atoms with Gasteiger partial charge in [0.25, 0.3) is 11.8 Å². The topological polar surface area (TPSA) is 97.0 Å². The van der Waals surface area contributed by atoms with Crippen LogP contribution in [0.5, 0.6) is 11.5 Å². The maximum atomic E-state index is 13.0. The van der Waals surface area contributed by atoms with Crippen molar-refractivity contribution in [2.75, 3.05) is 12.4 Å². The maximum Gasteiger partial charge on any atom is 0.265 e. The van der Waals surface area contributed by atoms with Crippen molar-refractivity contribution in [1.82, 2.24) is 10.2 Å². The smallest absolute Gasteiger partial charge is 0.265 e. The van der Waals surface area contributed by atoms with Gasteiger partial charge in [0, 0.05) is 24.2 Å². The Bertz CT molecular complexity index is 1140. The average Bonchev–Trinajstić information content (AvgIpc) is 2.80. The van der Waals surface area contributed by atoms with Crippen molar-refractivity contribution in [2.45, 2.75) is 39.8 Å². The number of hydrogen-bond donors (Lipinski definition) is 2. The van der Waals surface area contributed by atoms with Crippen LogP contribution in [-0.4, -0.2) is 40.9 Å². The van der Waals surface area contributed by atoms with Crippen molar-refractivity contribution in [3.8, 4) is 11.5 Å². The fourth-order valence-electron chi connectivity index (χ4n) is 3.42. The molecule has 0 saturated carbocycles. The average molecular weight is 482 g/mol. The van der Waals surface area contributed by atoms with Crippen molar-refractivity contribution < 1.29 is 23.9 Å². The molecule has 178 valence electrons. The lowest BCUT2D eigenvalue weighted by molar-refractivity contribution is -0.130. The quantitative estimate of drug-likeness (QED) is 0.339. The van der Waals surface area contributed by atoms with Gasteiger partial charge in [-0.1, -0.05) is 13.0 Å². The summed E-state index contributed by atoms with van der Waals surface area (Å²) in [5.41, 5.74) is 2.07. The molecule has 0 radical (unpaired) electrons. The fourth-order valence-corrected chi connectivity index (χ4v) is 3.78. The summed E-state index contributed by atoms with van der Waals surface area (Å²) in [5.74, 6) is 0.125. The molecule has 1 aliphatic rings. The first-order valence-electron chi connectivity index (χ1n) is 10.8. The summed E-state index contributed by atoms with van der Waals surface area (Å²) in [4.78, 5) is 38.1. The molecule has 8 nitrogen and oxygen atoms in total. The van der Waals surface area contributed by atoms with Crippen LogP contribution in [0.25, 0.3) is 6.08 Å². The van der Waals surface area contributed by atoms with E-state index in [0.29, 0.717) is 29.2 Å². The molecule has 1 atom stereocenters. The number of thiocarbonyl (C=S) groups is 1. The second kappa shape index (κ2) is 10.9. The van der Waals surface area contributed by atoms with Crippen LogP contribution in [0, 0.1) is 0 Å². The normalized spacial score (nSPS) is 15.7. The van der Waals surface area contributed by atoms with Gasteiger partial charge in [0.1, 0.15) is 23.7 Å².